The standard InChI is InChI=1S/C12H28O5Si4/c1-6-20(4)15-18(2)14-19(3)16-21(5,17-20)12-10-8-7-9-11(12)13-12/h11,18-19H,6-10H2,1-5H3. The molecule has 0 aromatic carbocycles. The van der Waals surface area contributed by atoms with E-state index in [9.17, 15) is 0 Å². The molecule has 21 heavy (non-hydrogen) atoms. The first-order valence-corrected chi connectivity index (χ1v) is 17.3. The Morgan fingerprint density at radius 3 is 2.52 bits per heavy atom. The Morgan fingerprint density at radius 1 is 1.14 bits per heavy atom. The first-order valence-electron chi connectivity index (χ1n) is 8.21. The van der Waals surface area contributed by atoms with E-state index in [-0.39, 0.29) is 5.22 Å². The summed E-state index contributed by atoms with van der Waals surface area (Å²) in [4.78, 5) is 0. The Balaban J connectivity index is 1.88. The maximum Gasteiger partial charge on any atom is 0.353 e. The minimum Gasteiger partial charge on any atom is -0.420 e. The van der Waals surface area contributed by atoms with Crippen molar-refractivity contribution < 1.29 is 21.2 Å². The van der Waals surface area contributed by atoms with E-state index in [2.05, 4.69) is 33.1 Å². The summed E-state index contributed by atoms with van der Waals surface area (Å²) in [7, 11) is -7.97. The highest BCUT2D eigenvalue weighted by molar-refractivity contribution is 6.88. The fourth-order valence-electron chi connectivity index (χ4n) is 3.87. The molecule has 0 aromatic heterocycles. The quantitative estimate of drug-likeness (QED) is 0.555. The van der Waals surface area contributed by atoms with E-state index in [0.717, 1.165) is 18.9 Å². The fraction of sp³-hybridized carbons (Fsp3) is 1.00. The van der Waals surface area contributed by atoms with E-state index >= 15 is 0 Å². The van der Waals surface area contributed by atoms with E-state index in [0.29, 0.717) is 6.10 Å². The normalized spacial score (nSPS) is 54.4. The van der Waals surface area contributed by atoms with E-state index in [1.165, 1.54) is 12.8 Å². The minimum absolute atomic E-state index is 0.120. The Labute approximate surface area is 133 Å². The van der Waals surface area contributed by atoms with Gasteiger partial charge in [-0.05, 0) is 45.1 Å². The van der Waals surface area contributed by atoms with E-state index < -0.39 is 35.7 Å². The van der Waals surface area contributed by atoms with Crippen LogP contribution in [-0.2, 0) is 21.2 Å². The van der Waals surface area contributed by atoms with Crippen LogP contribution in [0.2, 0.25) is 32.2 Å². The van der Waals surface area contributed by atoms with Crippen LogP contribution in [0.5, 0.6) is 0 Å². The Bertz CT molecular complexity index is 415. The Morgan fingerprint density at radius 2 is 1.86 bits per heavy atom. The smallest absolute Gasteiger partial charge is 0.353 e. The Hall–Kier alpha value is 0.668. The lowest BCUT2D eigenvalue weighted by Gasteiger charge is -2.45. The molecular formula is C12H28O5Si4. The van der Waals surface area contributed by atoms with E-state index in [1.54, 1.807) is 0 Å². The second-order valence-electron chi connectivity index (χ2n) is 6.78. The van der Waals surface area contributed by atoms with Gasteiger partial charge in [-0.3, -0.25) is 0 Å². The molecule has 0 radical (unpaired) electrons. The highest BCUT2D eigenvalue weighted by atomic mass is 28.5. The average molecular weight is 365 g/mol. The van der Waals surface area contributed by atoms with Crippen molar-refractivity contribution in [2.24, 2.45) is 0 Å². The summed E-state index contributed by atoms with van der Waals surface area (Å²) in [5.74, 6) is 0. The number of fused-ring (bicyclic) bond motifs is 1. The zero-order valence-electron chi connectivity index (χ0n) is 13.8. The molecule has 1 saturated carbocycles. The molecule has 2 heterocycles. The Kier molecular flexibility index (Phi) is 4.43. The van der Waals surface area contributed by atoms with Gasteiger partial charge in [-0.15, -0.1) is 0 Å². The number of epoxide rings is 1. The lowest BCUT2D eigenvalue weighted by Crippen LogP contribution is -2.66. The van der Waals surface area contributed by atoms with Gasteiger partial charge in [0.15, 0.2) is 0 Å². The second-order valence-corrected chi connectivity index (χ2v) is 18.6. The molecular weight excluding hydrogens is 336 g/mol. The van der Waals surface area contributed by atoms with Crippen molar-refractivity contribution in [2.45, 2.75) is 76.2 Å². The second kappa shape index (κ2) is 5.63. The summed E-state index contributed by atoms with van der Waals surface area (Å²) in [5.41, 5.74) is 0. The van der Waals surface area contributed by atoms with Gasteiger partial charge in [-0.1, -0.05) is 19.8 Å². The van der Waals surface area contributed by atoms with Crippen LogP contribution < -0.4 is 0 Å². The molecule has 3 aliphatic rings. The zero-order chi connectivity index (χ0) is 15.3. The fourth-order valence-corrected chi connectivity index (χ4v) is 21.8. The van der Waals surface area contributed by atoms with Crippen molar-refractivity contribution in [3.05, 3.63) is 0 Å². The summed E-state index contributed by atoms with van der Waals surface area (Å²) < 4.78 is 31.9. The van der Waals surface area contributed by atoms with Crippen molar-refractivity contribution in [2.75, 3.05) is 0 Å². The lowest BCUT2D eigenvalue weighted by atomic mass is 10.0. The monoisotopic (exact) mass is 364 g/mol. The van der Waals surface area contributed by atoms with Gasteiger partial charge < -0.3 is 21.2 Å². The molecule has 0 aromatic rings. The molecule has 9 heteroatoms. The van der Waals surface area contributed by atoms with Crippen LogP contribution in [0.25, 0.3) is 0 Å². The van der Waals surface area contributed by atoms with Crippen LogP contribution in [0.15, 0.2) is 0 Å². The van der Waals surface area contributed by atoms with Crippen LogP contribution in [-0.4, -0.2) is 47.0 Å². The van der Waals surface area contributed by atoms with Crippen LogP contribution >= 0.6 is 0 Å². The van der Waals surface area contributed by atoms with Crippen LogP contribution in [0.4, 0.5) is 0 Å². The van der Waals surface area contributed by atoms with Crippen LogP contribution in [0.1, 0.15) is 32.6 Å². The predicted octanol–water partition coefficient (Wildman–Crippen LogP) is 2.18. The molecule has 122 valence electrons. The molecule has 1 aliphatic carbocycles. The summed E-state index contributed by atoms with van der Waals surface area (Å²) in [5, 5.41) is -0.120. The van der Waals surface area contributed by atoms with Crippen molar-refractivity contribution in [1.29, 1.82) is 0 Å². The maximum absolute atomic E-state index is 6.74. The molecule has 0 amide bonds. The first kappa shape index (κ1) is 16.5. The average Bonchev–Trinajstić information content (AvgIpc) is 3.12. The molecule has 0 N–H and O–H groups in total. The SMILES string of the molecule is CC[Si]1(C)O[SiH](C)O[SiH](C)O[Si](C)(C23CCCCC2O3)O1. The first-order chi connectivity index (χ1) is 9.82. The van der Waals surface area contributed by atoms with Crippen molar-refractivity contribution in [3.8, 4) is 0 Å². The van der Waals surface area contributed by atoms with Crippen molar-refractivity contribution >= 4 is 35.7 Å². The number of rotatable bonds is 2. The molecule has 3 fully saturated rings. The van der Waals surface area contributed by atoms with E-state index in [4.69, 9.17) is 21.2 Å². The molecule has 6 atom stereocenters. The third-order valence-corrected chi connectivity index (χ3v) is 21.4. The van der Waals surface area contributed by atoms with Crippen LogP contribution in [0.3, 0.4) is 0 Å². The molecule has 0 bridgehead atoms. The van der Waals surface area contributed by atoms with Gasteiger partial charge in [-0.2, -0.15) is 0 Å². The van der Waals surface area contributed by atoms with Crippen molar-refractivity contribution in [3.63, 3.8) is 0 Å². The maximum atomic E-state index is 6.74. The zero-order valence-corrected chi connectivity index (χ0v) is 18.1. The van der Waals surface area contributed by atoms with E-state index in [1.807, 2.05) is 0 Å². The number of hydrogen-bond donors (Lipinski definition) is 0. The molecule has 2 aliphatic heterocycles. The minimum atomic E-state index is -2.44. The summed E-state index contributed by atoms with van der Waals surface area (Å²) in [6, 6.07) is 0.941. The molecule has 6 unspecified atom stereocenters. The topological polar surface area (TPSA) is 49.5 Å². The number of hydrogen-bond acceptors (Lipinski definition) is 5. The molecule has 0 spiro atoms. The van der Waals surface area contributed by atoms with Gasteiger partial charge in [0.25, 0.3) is 18.6 Å². The van der Waals surface area contributed by atoms with Crippen molar-refractivity contribution in [1.82, 2.24) is 0 Å². The largest absolute Gasteiger partial charge is 0.420 e. The third kappa shape index (κ3) is 2.92. The number of ether oxygens (including phenoxy) is 1. The van der Waals surface area contributed by atoms with Gasteiger partial charge in [-0.25, -0.2) is 0 Å². The highest BCUT2D eigenvalue weighted by Crippen LogP contribution is 2.55. The van der Waals surface area contributed by atoms with Gasteiger partial charge >= 0.3 is 17.1 Å². The summed E-state index contributed by atoms with van der Waals surface area (Å²) in [6.07, 6.45) is 5.08. The third-order valence-electron chi connectivity index (χ3n) is 5.09. The van der Waals surface area contributed by atoms with Gasteiger partial charge in [0.05, 0.1) is 6.10 Å². The van der Waals surface area contributed by atoms with Gasteiger partial charge in [0.2, 0.25) is 0 Å². The summed E-state index contributed by atoms with van der Waals surface area (Å²) >= 11 is 0. The lowest BCUT2D eigenvalue weighted by molar-refractivity contribution is 0.213. The summed E-state index contributed by atoms with van der Waals surface area (Å²) in [6.45, 7) is 10.7. The molecule has 2 saturated heterocycles. The highest BCUT2D eigenvalue weighted by Gasteiger charge is 2.73. The molecule has 3 rings (SSSR count). The predicted molar refractivity (Wildman–Crippen MR) is 90.2 cm³/mol. The van der Waals surface area contributed by atoms with Crippen LogP contribution in [0, 0.1) is 0 Å². The van der Waals surface area contributed by atoms with Gasteiger partial charge in [0, 0.05) is 0 Å². The molecule has 5 nitrogen and oxygen atoms in total. The van der Waals surface area contributed by atoms with Gasteiger partial charge in [0.1, 0.15) is 5.22 Å².